The van der Waals surface area contributed by atoms with Crippen LogP contribution in [0, 0.1) is 0 Å². The molecule has 5 heteroatoms. The van der Waals surface area contributed by atoms with Gasteiger partial charge >= 0.3 is 0 Å². The molecular weight excluding hydrogens is 210 g/mol. The minimum atomic E-state index is -0.752. The Morgan fingerprint density at radius 2 is 2.25 bits per heavy atom. The van der Waals surface area contributed by atoms with Crippen LogP contribution in [-0.2, 0) is 26.3 Å². The molecule has 2 heterocycles. The van der Waals surface area contributed by atoms with E-state index in [-0.39, 0.29) is 18.0 Å². The fraction of sp³-hybridized carbons (Fsp3) is 0.545. The molecule has 1 aliphatic heterocycles. The first kappa shape index (κ1) is 9.72. The Balaban J connectivity index is 2.07. The van der Waals surface area contributed by atoms with Crippen LogP contribution in [0.25, 0.3) is 0 Å². The number of oxazole rings is 1. The summed E-state index contributed by atoms with van der Waals surface area (Å²) in [7, 11) is 0. The van der Waals surface area contributed by atoms with Crippen LogP contribution in [0.4, 0.5) is 0 Å². The van der Waals surface area contributed by atoms with Crippen molar-refractivity contribution in [2.45, 2.75) is 31.3 Å². The summed E-state index contributed by atoms with van der Waals surface area (Å²) in [6.45, 7) is 0.691. The summed E-state index contributed by atoms with van der Waals surface area (Å²) >= 11 is 0. The quantitative estimate of drug-likeness (QED) is 0.605. The maximum Gasteiger partial charge on any atom is 0.181 e. The van der Waals surface area contributed by atoms with Crippen LogP contribution in [-0.4, -0.2) is 23.2 Å². The first-order chi connectivity index (χ1) is 7.72. The number of nitrogens with zero attached hydrogens (tertiary/aromatic N) is 1. The Hall–Kier alpha value is -1.49. The van der Waals surface area contributed by atoms with Crippen LogP contribution in [0.1, 0.15) is 30.7 Å². The highest BCUT2D eigenvalue weighted by Crippen LogP contribution is 2.40. The zero-order chi connectivity index (χ0) is 11.2. The van der Waals surface area contributed by atoms with E-state index in [2.05, 4.69) is 4.98 Å². The molecule has 1 spiro atoms. The van der Waals surface area contributed by atoms with E-state index in [1.54, 1.807) is 0 Å². The van der Waals surface area contributed by atoms with E-state index in [4.69, 9.17) is 9.15 Å². The number of carbonyl (C=O) groups is 2. The largest absolute Gasteiger partial charge is 0.447 e. The van der Waals surface area contributed by atoms with Gasteiger partial charge in [0.25, 0.3) is 0 Å². The zero-order valence-electron chi connectivity index (χ0n) is 8.69. The molecule has 3 rings (SSSR count). The molecule has 16 heavy (non-hydrogen) atoms. The van der Waals surface area contributed by atoms with Gasteiger partial charge in [-0.1, -0.05) is 0 Å². The van der Waals surface area contributed by atoms with E-state index in [9.17, 15) is 9.59 Å². The molecule has 2 aliphatic rings. The van der Waals surface area contributed by atoms with Gasteiger partial charge in [0.05, 0.1) is 19.6 Å². The number of hydrogen-bond donors (Lipinski definition) is 0. The minimum absolute atomic E-state index is 0.00210. The second-order valence-corrected chi connectivity index (χ2v) is 4.34. The highest BCUT2D eigenvalue weighted by atomic mass is 16.5. The van der Waals surface area contributed by atoms with Gasteiger partial charge in [-0.25, -0.2) is 4.98 Å². The van der Waals surface area contributed by atoms with Crippen molar-refractivity contribution in [1.29, 1.82) is 0 Å². The predicted octanol–water partition coefficient (Wildman–Crippen LogP) is 0.765. The van der Waals surface area contributed by atoms with Crippen LogP contribution < -0.4 is 0 Å². The summed E-state index contributed by atoms with van der Waals surface area (Å²) in [5, 5.41) is 0. The van der Waals surface area contributed by atoms with Crippen molar-refractivity contribution in [3.63, 3.8) is 0 Å². The van der Waals surface area contributed by atoms with Gasteiger partial charge in [-0.15, -0.1) is 0 Å². The smallest absolute Gasteiger partial charge is 0.181 e. The molecule has 5 nitrogen and oxygen atoms in total. The number of ether oxygens (including phenoxy) is 1. The van der Waals surface area contributed by atoms with Gasteiger partial charge in [0.1, 0.15) is 22.7 Å². The van der Waals surface area contributed by atoms with Gasteiger partial charge in [0.2, 0.25) is 0 Å². The van der Waals surface area contributed by atoms with E-state index >= 15 is 0 Å². The molecular formula is C11H11NO4. The number of aromatic nitrogens is 1. The van der Waals surface area contributed by atoms with Crippen molar-refractivity contribution >= 4 is 11.6 Å². The van der Waals surface area contributed by atoms with E-state index in [0.29, 0.717) is 37.5 Å². The van der Waals surface area contributed by atoms with E-state index in [1.165, 1.54) is 6.39 Å². The molecule has 0 aromatic carbocycles. The van der Waals surface area contributed by atoms with Gasteiger partial charge in [-0.2, -0.15) is 0 Å². The van der Waals surface area contributed by atoms with Crippen molar-refractivity contribution in [2.75, 3.05) is 6.61 Å². The Morgan fingerprint density at radius 3 is 3.06 bits per heavy atom. The second kappa shape index (κ2) is 3.25. The zero-order valence-corrected chi connectivity index (χ0v) is 8.69. The van der Waals surface area contributed by atoms with Crippen LogP contribution in [0.5, 0.6) is 0 Å². The molecule has 1 saturated carbocycles. The summed E-state index contributed by atoms with van der Waals surface area (Å²) in [5.41, 5.74) is -0.0631. The van der Waals surface area contributed by atoms with Gasteiger partial charge in [0.15, 0.2) is 12.2 Å². The molecule has 84 valence electrons. The molecule has 1 unspecified atom stereocenters. The molecule has 1 aromatic heterocycles. The van der Waals surface area contributed by atoms with Crippen molar-refractivity contribution in [3.8, 4) is 0 Å². The fourth-order valence-corrected chi connectivity index (χ4v) is 2.47. The average Bonchev–Trinajstić information content (AvgIpc) is 2.73. The summed E-state index contributed by atoms with van der Waals surface area (Å²) < 4.78 is 10.7. The summed E-state index contributed by atoms with van der Waals surface area (Å²) in [6.07, 6.45) is 2.22. The molecule has 1 aliphatic carbocycles. The molecule has 1 fully saturated rings. The standard InChI is InChI=1S/C11H11NO4/c13-7-1-2-11(9(14)3-7)5-15-4-8-10(11)16-6-12-8/h6H,1-5H2. The summed E-state index contributed by atoms with van der Waals surface area (Å²) in [5.74, 6) is 0.514. The third-order valence-corrected chi connectivity index (χ3v) is 3.39. The summed E-state index contributed by atoms with van der Waals surface area (Å²) in [6, 6.07) is 0. The van der Waals surface area contributed by atoms with Gasteiger partial charge in [-0.05, 0) is 6.42 Å². The average molecular weight is 221 g/mol. The Morgan fingerprint density at radius 1 is 1.38 bits per heavy atom. The van der Waals surface area contributed by atoms with Gasteiger partial charge in [-0.3, -0.25) is 9.59 Å². The van der Waals surface area contributed by atoms with Gasteiger partial charge in [0, 0.05) is 6.42 Å². The monoisotopic (exact) mass is 221 g/mol. The van der Waals surface area contributed by atoms with Crippen LogP contribution in [0.15, 0.2) is 10.8 Å². The Bertz CT molecular complexity index is 464. The lowest BCUT2D eigenvalue weighted by Crippen LogP contribution is -2.47. The van der Waals surface area contributed by atoms with Crippen molar-refractivity contribution in [1.82, 2.24) is 4.98 Å². The molecule has 0 amide bonds. The predicted molar refractivity (Wildman–Crippen MR) is 51.7 cm³/mol. The van der Waals surface area contributed by atoms with Crippen LogP contribution >= 0.6 is 0 Å². The Kier molecular flexibility index (Phi) is 1.97. The van der Waals surface area contributed by atoms with E-state index < -0.39 is 5.41 Å². The number of carbonyl (C=O) groups excluding carboxylic acids is 2. The molecule has 0 N–H and O–H groups in total. The lowest BCUT2D eigenvalue weighted by molar-refractivity contribution is -0.138. The molecule has 1 atom stereocenters. The van der Waals surface area contributed by atoms with Crippen molar-refractivity contribution in [2.24, 2.45) is 0 Å². The van der Waals surface area contributed by atoms with Crippen molar-refractivity contribution < 1.29 is 18.7 Å². The minimum Gasteiger partial charge on any atom is -0.447 e. The number of rotatable bonds is 0. The number of fused-ring (bicyclic) bond motifs is 2. The normalized spacial score (nSPS) is 29.5. The molecule has 0 saturated heterocycles. The van der Waals surface area contributed by atoms with Crippen LogP contribution in [0.3, 0.4) is 0 Å². The maximum absolute atomic E-state index is 12.1. The topological polar surface area (TPSA) is 69.4 Å². The Labute approximate surface area is 91.8 Å². The lowest BCUT2D eigenvalue weighted by Gasteiger charge is -2.35. The third kappa shape index (κ3) is 1.18. The highest BCUT2D eigenvalue weighted by molar-refractivity contribution is 6.06. The number of ketones is 2. The highest BCUT2D eigenvalue weighted by Gasteiger charge is 2.50. The van der Waals surface area contributed by atoms with Crippen LogP contribution in [0.2, 0.25) is 0 Å². The maximum atomic E-state index is 12.1. The second-order valence-electron chi connectivity index (χ2n) is 4.34. The van der Waals surface area contributed by atoms with Gasteiger partial charge < -0.3 is 9.15 Å². The first-order valence-corrected chi connectivity index (χ1v) is 5.28. The number of Topliss-reactive ketones (excluding diaryl/α,β-unsaturated/α-hetero) is 2. The summed E-state index contributed by atoms with van der Waals surface area (Å²) in [4.78, 5) is 27.3. The number of hydrogen-bond acceptors (Lipinski definition) is 5. The fourth-order valence-electron chi connectivity index (χ4n) is 2.47. The first-order valence-electron chi connectivity index (χ1n) is 5.28. The lowest BCUT2D eigenvalue weighted by atomic mass is 9.70. The van der Waals surface area contributed by atoms with E-state index in [1.807, 2.05) is 0 Å². The van der Waals surface area contributed by atoms with E-state index in [0.717, 1.165) is 0 Å². The van der Waals surface area contributed by atoms with Crippen molar-refractivity contribution in [3.05, 3.63) is 17.8 Å². The third-order valence-electron chi connectivity index (χ3n) is 3.39. The molecule has 0 radical (unpaired) electrons. The molecule has 1 aromatic rings. The SMILES string of the molecule is O=C1CCC2(COCc3ncoc32)C(=O)C1. The molecule has 0 bridgehead atoms.